The van der Waals surface area contributed by atoms with Crippen LogP contribution in [0.2, 0.25) is 0 Å². The van der Waals surface area contributed by atoms with Crippen LogP contribution in [0.15, 0.2) is 46.2 Å². The fourth-order valence-electron chi connectivity index (χ4n) is 1.84. The lowest BCUT2D eigenvalue weighted by Gasteiger charge is -2.17. The van der Waals surface area contributed by atoms with Crippen molar-refractivity contribution in [2.75, 3.05) is 11.5 Å². The van der Waals surface area contributed by atoms with E-state index < -0.39 is 0 Å². The number of hydrogen-bond acceptors (Lipinski definition) is 3. The first-order chi connectivity index (χ1) is 7.75. The van der Waals surface area contributed by atoms with Crippen molar-refractivity contribution in [3.8, 4) is 0 Å². The van der Waals surface area contributed by atoms with Crippen molar-refractivity contribution in [2.24, 2.45) is 0 Å². The molecule has 1 aliphatic rings. The van der Waals surface area contributed by atoms with E-state index in [2.05, 4.69) is 17.4 Å². The average molecular weight is 230 g/mol. The number of hydrogen-bond donors (Lipinski definition) is 3. The minimum Gasteiger partial charge on any atom is -0.397 e. The Morgan fingerprint density at radius 2 is 1.75 bits per heavy atom. The van der Waals surface area contributed by atoms with Crippen molar-refractivity contribution in [2.45, 2.75) is 9.79 Å². The number of nitrogen functional groups attached to an aromatic ring is 2. The molecule has 0 saturated heterocycles. The number of nitrogens with two attached hydrogens (primary N) is 3. The van der Waals surface area contributed by atoms with Gasteiger partial charge in [0.1, 0.15) is 11.4 Å². The maximum atomic E-state index is 5.99. The molecule has 1 aliphatic heterocycles. The third-order valence-corrected chi connectivity index (χ3v) is 3.89. The maximum absolute atomic E-state index is 5.99. The first kappa shape index (κ1) is 9.57. The Hall–Kier alpha value is -1.65. The number of para-hydroxylation sites is 1. The van der Waals surface area contributed by atoms with Crippen LogP contribution in [0.3, 0.4) is 0 Å². The number of fused-ring (bicyclic) bond motifs is 2. The fourth-order valence-corrected chi connectivity index (χ4v) is 2.88. The highest BCUT2D eigenvalue weighted by Gasteiger charge is 2.22. The molecular weight excluding hydrogens is 218 g/mol. The topological polar surface area (TPSA) is 68.7 Å². The van der Waals surface area contributed by atoms with Crippen LogP contribution >= 0.6 is 11.8 Å². The van der Waals surface area contributed by atoms with E-state index in [1.54, 1.807) is 11.8 Å². The van der Waals surface area contributed by atoms with Crippen LogP contribution in [0.1, 0.15) is 0 Å². The molecule has 0 bridgehead atoms. The summed E-state index contributed by atoms with van der Waals surface area (Å²) in [6.07, 6.45) is 0. The number of benzene rings is 2. The van der Waals surface area contributed by atoms with Crippen LogP contribution in [0.5, 0.6) is 0 Å². The van der Waals surface area contributed by atoms with Gasteiger partial charge in [0, 0.05) is 6.07 Å². The lowest BCUT2D eigenvalue weighted by molar-refractivity contribution is -0.484. The zero-order valence-corrected chi connectivity index (χ0v) is 9.42. The molecule has 0 unspecified atom stereocenters. The van der Waals surface area contributed by atoms with E-state index in [0.717, 1.165) is 5.69 Å². The second kappa shape index (κ2) is 3.43. The summed E-state index contributed by atoms with van der Waals surface area (Å²) in [4.78, 5) is 2.43. The molecule has 0 amide bonds. The van der Waals surface area contributed by atoms with Gasteiger partial charge in [-0.25, -0.2) is 0 Å². The lowest BCUT2D eigenvalue weighted by atomic mass is 10.2. The van der Waals surface area contributed by atoms with Gasteiger partial charge in [-0.3, -0.25) is 5.32 Å². The molecular formula is C12H12N3S+. The monoisotopic (exact) mass is 230 g/mol. The van der Waals surface area contributed by atoms with E-state index in [9.17, 15) is 0 Å². The number of rotatable bonds is 0. The van der Waals surface area contributed by atoms with E-state index in [0.29, 0.717) is 11.4 Å². The lowest BCUT2D eigenvalue weighted by Crippen LogP contribution is -2.72. The maximum Gasteiger partial charge on any atom is 0.174 e. The van der Waals surface area contributed by atoms with Crippen LogP contribution in [-0.4, -0.2) is 0 Å². The highest BCUT2D eigenvalue weighted by Crippen LogP contribution is 2.42. The van der Waals surface area contributed by atoms with Crippen molar-refractivity contribution in [1.29, 1.82) is 0 Å². The van der Waals surface area contributed by atoms with Gasteiger partial charge < -0.3 is 11.5 Å². The van der Waals surface area contributed by atoms with Gasteiger partial charge in [-0.1, -0.05) is 23.9 Å². The SMILES string of the molecule is Nc1ccc2c(c1N)[NH2+]c1ccccc1S2. The smallest absolute Gasteiger partial charge is 0.174 e. The van der Waals surface area contributed by atoms with Gasteiger partial charge in [-0.05, 0) is 18.2 Å². The van der Waals surface area contributed by atoms with Crippen LogP contribution < -0.4 is 16.8 Å². The summed E-state index contributed by atoms with van der Waals surface area (Å²) in [5, 5.41) is 2.10. The predicted octanol–water partition coefficient (Wildman–Crippen LogP) is 1.84. The van der Waals surface area contributed by atoms with Gasteiger partial charge in [-0.2, -0.15) is 0 Å². The molecule has 0 spiro atoms. The standard InChI is InChI=1S/C12H11N3S/c13-7-5-6-10-12(11(7)14)15-8-3-1-2-4-9(8)16-10/h1-6,15H,13-14H2/p+1. The van der Waals surface area contributed by atoms with Crippen LogP contribution in [0.4, 0.5) is 22.7 Å². The Kier molecular flexibility index (Phi) is 2.05. The van der Waals surface area contributed by atoms with Crippen LogP contribution in [-0.2, 0) is 0 Å². The molecule has 80 valence electrons. The summed E-state index contributed by atoms with van der Waals surface area (Å²) in [5.74, 6) is 0. The average Bonchev–Trinajstić information content (AvgIpc) is 2.32. The highest BCUT2D eigenvalue weighted by molar-refractivity contribution is 7.99. The molecule has 1 heterocycles. The first-order valence-corrected chi connectivity index (χ1v) is 5.87. The zero-order valence-electron chi connectivity index (χ0n) is 8.60. The molecule has 3 rings (SSSR count). The highest BCUT2D eigenvalue weighted by atomic mass is 32.2. The van der Waals surface area contributed by atoms with Crippen molar-refractivity contribution >= 4 is 34.5 Å². The van der Waals surface area contributed by atoms with Gasteiger partial charge in [0.15, 0.2) is 5.69 Å². The first-order valence-electron chi connectivity index (χ1n) is 5.05. The van der Waals surface area contributed by atoms with E-state index in [-0.39, 0.29) is 0 Å². The van der Waals surface area contributed by atoms with E-state index in [1.165, 1.54) is 15.5 Å². The van der Waals surface area contributed by atoms with Crippen molar-refractivity contribution in [3.63, 3.8) is 0 Å². The third kappa shape index (κ3) is 1.35. The van der Waals surface area contributed by atoms with Crippen molar-refractivity contribution in [1.82, 2.24) is 0 Å². The summed E-state index contributed by atoms with van der Waals surface area (Å²) < 4.78 is 0. The molecule has 16 heavy (non-hydrogen) atoms. The van der Waals surface area contributed by atoms with Gasteiger partial charge in [0.25, 0.3) is 0 Å². The summed E-state index contributed by atoms with van der Waals surface area (Å²) in [5.41, 5.74) is 15.4. The van der Waals surface area contributed by atoms with Crippen LogP contribution in [0.25, 0.3) is 0 Å². The normalized spacial score (nSPS) is 13.0. The molecule has 6 N–H and O–H groups in total. The fraction of sp³-hybridized carbons (Fsp3) is 0. The van der Waals surface area contributed by atoms with E-state index in [1.807, 2.05) is 24.3 Å². The van der Waals surface area contributed by atoms with Gasteiger partial charge in [0.2, 0.25) is 0 Å². The molecule has 0 atom stereocenters. The number of anilines is 2. The molecule has 2 aromatic rings. The molecule has 4 heteroatoms. The van der Waals surface area contributed by atoms with E-state index in [4.69, 9.17) is 11.5 Å². The Balaban J connectivity index is 2.16. The second-order valence-electron chi connectivity index (χ2n) is 3.76. The second-order valence-corrected chi connectivity index (χ2v) is 4.85. The summed E-state index contributed by atoms with van der Waals surface area (Å²) >= 11 is 1.74. The van der Waals surface area contributed by atoms with E-state index >= 15 is 0 Å². The van der Waals surface area contributed by atoms with Gasteiger partial charge >= 0.3 is 0 Å². The molecule has 2 aromatic carbocycles. The van der Waals surface area contributed by atoms with Gasteiger partial charge in [0.05, 0.1) is 15.5 Å². The molecule has 0 aliphatic carbocycles. The molecule has 0 aromatic heterocycles. The Morgan fingerprint density at radius 1 is 0.938 bits per heavy atom. The van der Waals surface area contributed by atoms with Crippen molar-refractivity contribution in [3.05, 3.63) is 36.4 Å². The van der Waals surface area contributed by atoms with Crippen LogP contribution in [0, 0.1) is 0 Å². The van der Waals surface area contributed by atoms with Crippen molar-refractivity contribution < 1.29 is 5.32 Å². The molecule has 3 nitrogen and oxygen atoms in total. The summed E-state index contributed by atoms with van der Waals surface area (Å²) in [7, 11) is 0. The Labute approximate surface area is 97.8 Å². The summed E-state index contributed by atoms with van der Waals surface area (Å²) in [6, 6.07) is 12.2. The largest absolute Gasteiger partial charge is 0.397 e. The molecule has 0 saturated carbocycles. The Morgan fingerprint density at radius 3 is 2.62 bits per heavy atom. The predicted molar refractivity (Wildman–Crippen MR) is 67.1 cm³/mol. The number of quaternary nitrogens is 1. The minimum atomic E-state index is 0.648. The molecule has 0 radical (unpaired) electrons. The quantitative estimate of drug-likeness (QED) is 0.516. The third-order valence-electron chi connectivity index (χ3n) is 2.72. The minimum absolute atomic E-state index is 0.648. The molecule has 0 fully saturated rings. The van der Waals surface area contributed by atoms with Gasteiger partial charge in [-0.15, -0.1) is 0 Å². The summed E-state index contributed by atoms with van der Waals surface area (Å²) in [6.45, 7) is 0. The zero-order chi connectivity index (χ0) is 11.1. The Bertz CT molecular complexity index is 566.